The molecule has 2 aliphatic rings. The minimum Gasteiger partial charge on any atom is -0.370 e. The van der Waals surface area contributed by atoms with Crippen molar-refractivity contribution in [3.63, 3.8) is 0 Å². The molecule has 0 bridgehead atoms. The molecule has 0 saturated carbocycles. The minimum absolute atomic E-state index is 0.0346. The zero-order chi connectivity index (χ0) is 22.6. The normalized spacial score (nSPS) is 19.5. The van der Waals surface area contributed by atoms with E-state index in [4.69, 9.17) is 10.5 Å². The first-order chi connectivity index (χ1) is 14.8. The predicted octanol–water partition coefficient (Wildman–Crippen LogP) is -1.01. The van der Waals surface area contributed by atoms with E-state index >= 15 is 0 Å². The van der Waals surface area contributed by atoms with Crippen molar-refractivity contribution >= 4 is 27.5 Å². The van der Waals surface area contributed by atoms with E-state index in [0.29, 0.717) is 43.9 Å². The Balaban J connectivity index is 1.86. The van der Waals surface area contributed by atoms with Gasteiger partial charge in [0, 0.05) is 45.0 Å². The van der Waals surface area contributed by atoms with E-state index in [0.717, 1.165) is 13.1 Å². The summed E-state index contributed by atoms with van der Waals surface area (Å²) in [6.45, 7) is 4.91. The fourth-order valence-corrected chi connectivity index (χ4v) is 5.41. The fraction of sp³-hybridized carbons (Fsp3) is 0.600. The number of amides is 2. The maximum Gasteiger partial charge on any atom is 0.253 e. The molecule has 2 fully saturated rings. The van der Waals surface area contributed by atoms with Crippen molar-refractivity contribution < 1.29 is 22.7 Å². The summed E-state index contributed by atoms with van der Waals surface area (Å²) < 4.78 is 34.2. The lowest BCUT2D eigenvalue weighted by Gasteiger charge is -2.34. The highest BCUT2D eigenvalue weighted by atomic mass is 32.2. The van der Waals surface area contributed by atoms with Crippen molar-refractivity contribution in [1.29, 1.82) is 0 Å². The molecule has 0 aromatic heterocycles. The number of ether oxygens (including phenoxy) is 1. The maximum atomic E-state index is 13.3. The summed E-state index contributed by atoms with van der Waals surface area (Å²) in [6, 6.07) is 3.78. The van der Waals surface area contributed by atoms with Crippen LogP contribution in [0.4, 0.5) is 5.69 Å². The molecule has 0 spiro atoms. The van der Waals surface area contributed by atoms with Gasteiger partial charge < -0.3 is 25.2 Å². The third kappa shape index (κ3) is 5.24. The van der Waals surface area contributed by atoms with E-state index in [9.17, 15) is 18.0 Å². The van der Waals surface area contributed by atoms with Crippen LogP contribution in [-0.4, -0.2) is 95.6 Å². The Labute approximate surface area is 183 Å². The number of hydrogen-bond donors (Lipinski definition) is 2. The number of piperazine rings is 1. The molecular formula is C20H31N5O5S. The molecule has 1 aromatic carbocycles. The molecule has 3 rings (SSSR count). The molecule has 0 unspecified atom stereocenters. The van der Waals surface area contributed by atoms with Gasteiger partial charge >= 0.3 is 0 Å². The van der Waals surface area contributed by atoms with E-state index in [1.807, 2.05) is 14.0 Å². The van der Waals surface area contributed by atoms with Crippen LogP contribution in [0.15, 0.2) is 23.1 Å². The van der Waals surface area contributed by atoms with Crippen LogP contribution < -0.4 is 15.4 Å². The summed E-state index contributed by atoms with van der Waals surface area (Å²) >= 11 is 0. The SMILES string of the molecule is CCc1c(N2CCOCC2=O)cccc1S(=O)(=O)N[C@@H](CN)C(=O)N1CCN(C)CC1. The number of morpholine rings is 1. The largest absolute Gasteiger partial charge is 0.370 e. The Kier molecular flexibility index (Phi) is 7.65. The molecule has 2 saturated heterocycles. The molecule has 2 aliphatic heterocycles. The van der Waals surface area contributed by atoms with E-state index in [1.165, 1.54) is 6.07 Å². The Hall–Kier alpha value is -2.05. The second-order valence-corrected chi connectivity index (χ2v) is 9.43. The molecule has 10 nitrogen and oxygen atoms in total. The molecule has 1 atom stereocenters. The molecule has 1 aromatic rings. The summed E-state index contributed by atoms with van der Waals surface area (Å²) in [5, 5.41) is 0. The summed E-state index contributed by atoms with van der Waals surface area (Å²) in [7, 11) is -2.07. The Morgan fingerprint density at radius 3 is 2.55 bits per heavy atom. The standard InChI is InChI=1S/C20H31N5O5S/c1-3-15-17(25-11-12-30-14-19(25)26)5-4-6-18(15)31(28,29)22-16(13-21)20(27)24-9-7-23(2)8-10-24/h4-6,16,22H,3,7-14,21H2,1-2H3/t16-/m0/s1. The second-order valence-electron chi connectivity index (χ2n) is 7.74. The number of likely N-dealkylation sites (N-methyl/N-ethyl adjacent to an activating group) is 1. The van der Waals surface area contributed by atoms with Crippen LogP contribution in [0.1, 0.15) is 12.5 Å². The topological polar surface area (TPSA) is 125 Å². The molecule has 0 aliphatic carbocycles. The van der Waals surface area contributed by atoms with Crippen molar-refractivity contribution in [2.75, 3.05) is 64.4 Å². The number of sulfonamides is 1. The van der Waals surface area contributed by atoms with E-state index in [2.05, 4.69) is 9.62 Å². The van der Waals surface area contributed by atoms with Crippen molar-refractivity contribution in [3.05, 3.63) is 23.8 Å². The van der Waals surface area contributed by atoms with Crippen molar-refractivity contribution in [1.82, 2.24) is 14.5 Å². The number of hydrogen-bond acceptors (Lipinski definition) is 7. The van der Waals surface area contributed by atoms with Gasteiger partial charge in [0.05, 0.1) is 11.5 Å². The highest BCUT2D eigenvalue weighted by molar-refractivity contribution is 7.89. The Morgan fingerprint density at radius 2 is 1.94 bits per heavy atom. The number of nitrogens with zero attached hydrogens (tertiary/aromatic N) is 3. The van der Waals surface area contributed by atoms with E-state index in [-0.39, 0.29) is 29.9 Å². The van der Waals surface area contributed by atoms with Gasteiger partial charge in [0.1, 0.15) is 12.6 Å². The van der Waals surface area contributed by atoms with E-state index in [1.54, 1.807) is 21.9 Å². The predicted molar refractivity (Wildman–Crippen MR) is 116 cm³/mol. The average Bonchev–Trinajstić information content (AvgIpc) is 2.77. The number of carbonyl (C=O) groups is 2. The number of anilines is 1. The van der Waals surface area contributed by atoms with Crippen LogP contribution in [0.2, 0.25) is 0 Å². The van der Waals surface area contributed by atoms with Gasteiger partial charge in [-0.15, -0.1) is 0 Å². The molecule has 2 amide bonds. The second kappa shape index (κ2) is 10.0. The number of nitrogens with two attached hydrogens (primary N) is 1. The first kappa shape index (κ1) is 23.6. The lowest BCUT2D eigenvalue weighted by Crippen LogP contribution is -2.56. The van der Waals surface area contributed by atoms with Gasteiger partial charge in [0.15, 0.2) is 0 Å². The number of carbonyl (C=O) groups excluding carboxylic acids is 2. The molecule has 172 valence electrons. The monoisotopic (exact) mass is 453 g/mol. The van der Waals surface area contributed by atoms with Gasteiger partial charge in [-0.1, -0.05) is 13.0 Å². The quantitative estimate of drug-likeness (QED) is 0.542. The molecule has 0 radical (unpaired) electrons. The summed E-state index contributed by atoms with van der Waals surface area (Å²) in [5.74, 6) is -0.537. The Bertz CT molecular complexity index is 915. The summed E-state index contributed by atoms with van der Waals surface area (Å²) in [4.78, 5) is 30.5. The van der Waals surface area contributed by atoms with Gasteiger partial charge in [0.2, 0.25) is 15.9 Å². The molecule has 31 heavy (non-hydrogen) atoms. The van der Waals surface area contributed by atoms with E-state index < -0.39 is 16.1 Å². The van der Waals surface area contributed by atoms with Crippen molar-refractivity contribution in [3.8, 4) is 0 Å². The lowest BCUT2D eigenvalue weighted by molar-refractivity contribution is -0.134. The highest BCUT2D eigenvalue weighted by Gasteiger charge is 2.32. The first-order valence-corrected chi connectivity index (χ1v) is 12.0. The first-order valence-electron chi connectivity index (χ1n) is 10.5. The molecule has 11 heteroatoms. The maximum absolute atomic E-state index is 13.3. The highest BCUT2D eigenvalue weighted by Crippen LogP contribution is 2.29. The zero-order valence-electron chi connectivity index (χ0n) is 18.0. The van der Waals surface area contributed by atoms with Gasteiger partial charge in [0.25, 0.3) is 5.91 Å². The van der Waals surface area contributed by atoms with Gasteiger partial charge in [-0.25, -0.2) is 8.42 Å². The lowest BCUT2D eigenvalue weighted by atomic mass is 10.1. The third-order valence-electron chi connectivity index (χ3n) is 5.67. The van der Waals surface area contributed by atoms with Crippen LogP contribution in [-0.2, 0) is 30.8 Å². The average molecular weight is 454 g/mol. The zero-order valence-corrected chi connectivity index (χ0v) is 18.9. The van der Waals surface area contributed by atoms with Crippen LogP contribution in [0.25, 0.3) is 0 Å². The number of nitrogens with one attached hydrogen (secondary N) is 1. The number of rotatable bonds is 7. The van der Waals surface area contributed by atoms with Gasteiger partial charge in [-0.2, -0.15) is 4.72 Å². The van der Waals surface area contributed by atoms with Gasteiger partial charge in [-0.3, -0.25) is 9.59 Å². The van der Waals surface area contributed by atoms with Crippen LogP contribution in [0, 0.1) is 0 Å². The smallest absolute Gasteiger partial charge is 0.253 e. The summed E-state index contributed by atoms with van der Waals surface area (Å²) in [6.07, 6.45) is 0.400. The summed E-state index contributed by atoms with van der Waals surface area (Å²) in [5.41, 5.74) is 6.85. The van der Waals surface area contributed by atoms with Gasteiger partial charge in [-0.05, 0) is 31.2 Å². The fourth-order valence-electron chi connectivity index (χ4n) is 3.88. The van der Waals surface area contributed by atoms with Crippen LogP contribution >= 0.6 is 0 Å². The van der Waals surface area contributed by atoms with Crippen molar-refractivity contribution in [2.24, 2.45) is 5.73 Å². The number of benzene rings is 1. The Morgan fingerprint density at radius 1 is 1.23 bits per heavy atom. The van der Waals surface area contributed by atoms with Crippen LogP contribution in [0.5, 0.6) is 0 Å². The minimum atomic E-state index is -4.04. The third-order valence-corrected chi connectivity index (χ3v) is 7.23. The van der Waals surface area contributed by atoms with Crippen LogP contribution in [0.3, 0.4) is 0 Å². The molecule has 2 heterocycles. The van der Waals surface area contributed by atoms with Crippen molar-refractivity contribution in [2.45, 2.75) is 24.3 Å². The molecule has 3 N–H and O–H groups in total. The molecular weight excluding hydrogens is 422 g/mol.